The Bertz CT molecular complexity index is 625. The number of oxazole rings is 1. The molecule has 2 aromatic rings. The number of nitrogens with zero attached hydrogens (tertiary/aromatic N) is 1. The number of hydrogen-bond acceptors (Lipinski definition) is 4. The average Bonchev–Trinajstić information content (AvgIpc) is 2.85. The number of halogens is 1. The van der Waals surface area contributed by atoms with Crippen molar-refractivity contribution in [2.24, 2.45) is 0 Å². The van der Waals surface area contributed by atoms with Crippen LogP contribution in [0.3, 0.4) is 0 Å². The molecule has 0 bridgehead atoms. The molecule has 1 amide bonds. The molecule has 1 unspecified atom stereocenters. The van der Waals surface area contributed by atoms with Crippen LogP contribution in [0.5, 0.6) is 0 Å². The van der Waals surface area contributed by atoms with Gasteiger partial charge in [-0.05, 0) is 26.0 Å². The molecular weight excluding hydrogens is 261 g/mol. The lowest BCUT2D eigenvalue weighted by Crippen LogP contribution is -2.27. The Morgan fingerprint density at radius 1 is 1.45 bits per heavy atom. The Kier molecular flexibility index (Phi) is 4.02. The number of hydrogen-bond donors (Lipinski definition) is 2. The van der Waals surface area contributed by atoms with Gasteiger partial charge >= 0.3 is 0 Å². The molecule has 1 aromatic carbocycles. The zero-order valence-corrected chi connectivity index (χ0v) is 11.5. The van der Waals surface area contributed by atoms with Crippen molar-refractivity contribution >= 4 is 11.6 Å². The molecule has 0 aliphatic rings. The summed E-state index contributed by atoms with van der Waals surface area (Å²) < 4.78 is 18.9. The fraction of sp³-hybridized carbons (Fsp3) is 0.286. The molecule has 2 N–H and O–H groups in total. The van der Waals surface area contributed by atoms with E-state index in [0.29, 0.717) is 11.7 Å². The number of para-hydroxylation sites is 1. The maximum atomic E-state index is 13.6. The number of carbonyl (C=O) groups is 1. The molecule has 0 saturated carbocycles. The van der Waals surface area contributed by atoms with Gasteiger partial charge in [-0.3, -0.25) is 4.79 Å². The summed E-state index contributed by atoms with van der Waals surface area (Å²) in [5, 5.41) is 5.41. The second-order valence-corrected chi connectivity index (χ2v) is 4.42. The van der Waals surface area contributed by atoms with Crippen molar-refractivity contribution in [3.8, 4) is 0 Å². The first-order chi connectivity index (χ1) is 9.52. The van der Waals surface area contributed by atoms with Crippen LogP contribution in [0, 0.1) is 12.7 Å². The Hall–Kier alpha value is -2.37. The summed E-state index contributed by atoms with van der Waals surface area (Å²) in [5.41, 5.74) is 0.406. The molecule has 1 aromatic heterocycles. The highest BCUT2D eigenvalue weighted by atomic mass is 19.1. The molecule has 0 aliphatic heterocycles. The van der Waals surface area contributed by atoms with E-state index >= 15 is 0 Å². The van der Waals surface area contributed by atoms with Crippen LogP contribution in [0.15, 0.2) is 28.8 Å². The van der Waals surface area contributed by atoms with Crippen LogP contribution in [0.4, 0.5) is 10.1 Å². The molecule has 6 heteroatoms. The monoisotopic (exact) mass is 277 g/mol. The van der Waals surface area contributed by atoms with E-state index < -0.39 is 17.8 Å². The minimum absolute atomic E-state index is 0.167. The van der Waals surface area contributed by atoms with Crippen LogP contribution >= 0.6 is 0 Å². The van der Waals surface area contributed by atoms with E-state index in [1.54, 1.807) is 33.2 Å². The third-order valence-corrected chi connectivity index (χ3v) is 2.87. The Morgan fingerprint density at radius 2 is 2.20 bits per heavy atom. The number of rotatable bonds is 4. The normalized spacial score (nSPS) is 12.0. The lowest BCUT2D eigenvalue weighted by atomic mass is 10.1. The molecule has 5 nitrogen and oxygen atoms in total. The minimum Gasteiger partial charge on any atom is -0.444 e. The zero-order chi connectivity index (χ0) is 14.7. The first kappa shape index (κ1) is 14.0. The standard InChI is InChI=1S/C14H16FN3O2/c1-8-7-17-14(20-8)9(2)18-13(19)10-5-4-6-11(15)12(10)16-3/h4-7,9,16H,1-3H3,(H,18,19). The Morgan fingerprint density at radius 3 is 2.80 bits per heavy atom. The number of anilines is 1. The van der Waals surface area contributed by atoms with Gasteiger partial charge in [-0.15, -0.1) is 0 Å². The van der Waals surface area contributed by atoms with Gasteiger partial charge in [0, 0.05) is 7.05 Å². The van der Waals surface area contributed by atoms with Crippen molar-refractivity contribution < 1.29 is 13.6 Å². The van der Waals surface area contributed by atoms with E-state index in [9.17, 15) is 9.18 Å². The summed E-state index contributed by atoms with van der Waals surface area (Å²) in [6.07, 6.45) is 1.58. The molecule has 0 spiro atoms. The van der Waals surface area contributed by atoms with E-state index in [1.807, 2.05) is 0 Å². The lowest BCUT2D eigenvalue weighted by molar-refractivity contribution is 0.0934. The Labute approximate surface area is 116 Å². The molecule has 20 heavy (non-hydrogen) atoms. The largest absolute Gasteiger partial charge is 0.444 e. The zero-order valence-electron chi connectivity index (χ0n) is 11.5. The molecule has 0 radical (unpaired) electrons. The molecular formula is C14H16FN3O2. The van der Waals surface area contributed by atoms with Gasteiger partial charge in [0.05, 0.1) is 17.4 Å². The number of amides is 1. The van der Waals surface area contributed by atoms with Gasteiger partial charge in [-0.25, -0.2) is 9.37 Å². The second kappa shape index (κ2) is 5.73. The van der Waals surface area contributed by atoms with Crippen molar-refractivity contribution in [2.75, 3.05) is 12.4 Å². The summed E-state index contributed by atoms with van der Waals surface area (Å²) in [6, 6.07) is 3.94. The van der Waals surface area contributed by atoms with Gasteiger partial charge in [-0.2, -0.15) is 0 Å². The maximum absolute atomic E-state index is 13.6. The fourth-order valence-corrected chi connectivity index (χ4v) is 1.88. The average molecular weight is 277 g/mol. The number of aryl methyl sites for hydroxylation is 1. The van der Waals surface area contributed by atoms with Crippen LogP contribution in [0.25, 0.3) is 0 Å². The molecule has 106 valence electrons. The SMILES string of the molecule is CNc1c(F)cccc1C(=O)NC(C)c1ncc(C)o1. The van der Waals surface area contributed by atoms with Crippen molar-refractivity contribution in [3.63, 3.8) is 0 Å². The van der Waals surface area contributed by atoms with E-state index in [2.05, 4.69) is 15.6 Å². The van der Waals surface area contributed by atoms with Crippen LogP contribution in [0.2, 0.25) is 0 Å². The lowest BCUT2D eigenvalue weighted by Gasteiger charge is -2.13. The number of benzene rings is 1. The third kappa shape index (κ3) is 2.79. The molecule has 1 atom stereocenters. The summed E-state index contributed by atoms with van der Waals surface area (Å²) in [6.45, 7) is 3.53. The summed E-state index contributed by atoms with van der Waals surface area (Å²) in [7, 11) is 1.57. The third-order valence-electron chi connectivity index (χ3n) is 2.87. The van der Waals surface area contributed by atoms with E-state index in [1.165, 1.54) is 12.1 Å². The molecule has 1 heterocycles. The summed E-state index contributed by atoms with van der Waals surface area (Å²) >= 11 is 0. The van der Waals surface area contributed by atoms with Crippen LogP contribution < -0.4 is 10.6 Å². The number of nitrogens with one attached hydrogen (secondary N) is 2. The predicted molar refractivity (Wildman–Crippen MR) is 73.1 cm³/mol. The van der Waals surface area contributed by atoms with Crippen molar-refractivity contribution in [1.29, 1.82) is 0 Å². The van der Waals surface area contributed by atoms with E-state index in [-0.39, 0.29) is 11.3 Å². The molecule has 0 aliphatic carbocycles. The maximum Gasteiger partial charge on any atom is 0.254 e. The van der Waals surface area contributed by atoms with E-state index in [4.69, 9.17) is 4.42 Å². The van der Waals surface area contributed by atoms with Crippen molar-refractivity contribution in [2.45, 2.75) is 19.9 Å². The Balaban J connectivity index is 2.18. The fourth-order valence-electron chi connectivity index (χ4n) is 1.88. The van der Waals surface area contributed by atoms with Gasteiger partial charge in [0.2, 0.25) is 5.89 Å². The quantitative estimate of drug-likeness (QED) is 0.901. The van der Waals surface area contributed by atoms with Gasteiger partial charge in [0.15, 0.2) is 0 Å². The predicted octanol–water partition coefficient (Wildman–Crippen LogP) is 2.65. The molecule has 0 fully saturated rings. The topological polar surface area (TPSA) is 67.2 Å². The van der Waals surface area contributed by atoms with Crippen LogP contribution in [0.1, 0.15) is 35.0 Å². The van der Waals surface area contributed by atoms with Crippen LogP contribution in [-0.2, 0) is 0 Å². The first-order valence-electron chi connectivity index (χ1n) is 6.22. The van der Waals surface area contributed by atoms with Crippen molar-refractivity contribution in [3.05, 3.63) is 47.4 Å². The highest BCUT2D eigenvalue weighted by Crippen LogP contribution is 2.20. The molecule has 2 rings (SSSR count). The van der Waals surface area contributed by atoms with Gasteiger partial charge in [-0.1, -0.05) is 6.07 Å². The van der Waals surface area contributed by atoms with Gasteiger partial charge < -0.3 is 15.1 Å². The number of carbonyl (C=O) groups excluding carboxylic acids is 1. The summed E-state index contributed by atoms with van der Waals surface area (Å²) in [5.74, 6) is 0.220. The highest BCUT2D eigenvalue weighted by Gasteiger charge is 2.19. The highest BCUT2D eigenvalue weighted by molar-refractivity contribution is 5.99. The van der Waals surface area contributed by atoms with Gasteiger partial charge in [0.1, 0.15) is 17.6 Å². The number of aromatic nitrogens is 1. The second-order valence-electron chi connectivity index (χ2n) is 4.42. The first-order valence-corrected chi connectivity index (χ1v) is 6.22. The minimum atomic E-state index is -0.472. The molecule has 0 saturated heterocycles. The van der Waals surface area contributed by atoms with Crippen LogP contribution in [-0.4, -0.2) is 17.9 Å². The van der Waals surface area contributed by atoms with Gasteiger partial charge in [0.25, 0.3) is 5.91 Å². The van der Waals surface area contributed by atoms with Crippen molar-refractivity contribution in [1.82, 2.24) is 10.3 Å². The summed E-state index contributed by atoms with van der Waals surface area (Å²) in [4.78, 5) is 16.2. The smallest absolute Gasteiger partial charge is 0.254 e. The van der Waals surface area contributed by atoms with E-state index in [0.717, 1.165) is 0 Å².